The summed E-state index contributed by atoms with van der Waals surface area (Å²) in [6.45, 7) is 6.02. The fraction of sp³-hybridized carbons (Fsp3) is 0.400. The Hall–Kier alpha value is -2.49. The maximum absolute atomic E-state index is 11.7. The molecule has 3 aromatic heterocycles. The van der Waals surface area contributed by atoms with Crippen LogP contribution in [0.25, 0.3) is 22.4 Å². The van der Waals surface area contributed by atoms with Crippen LogP contribution in [0.4, 0.5) is 5.82 Å². The number of nitrogens with one attached hydrogen (secondary N) is 1. The Morgan fingerprint density at radius 1 is 1.24 bits per heavy atom. The van der Waals surface area contributed by atoms with E-state index in [0.29, 0.717) is 36.7 Å². The van der Waals surface area contributed by atoms with Crippen molar-refractivity contribution in [2.24, 2.45) is 5.14 Å². The fourth-order valence-electron chi connectivity index (χ4n) is 3.75. The molecule has 8 nitrogen and oxygen atoms in total. The summed E-state index contributed by atoms with van der Waals surface area (Å²) in [7, 11) is -3.67. The number of hydrogen-bond donors (Lipinski definition) is 2. The van der Waals surface area contributed by atoms with Crippen molar-refractivity contribution >= 4 is 26.9 Å². The minimum atomic E-state index is -3.67. The average Bonchev–Trinajstić information content (AvgIpc) is 3.05. The maximum Gasteiger partial charge on any atom is 0.213 e. The molecule has 0 bridgehead atoms. The monoisotopic (exact) mass is 415 g/mol. The highest BCUT2D eigenvalue weighted by Crippen LogP contribution is 2.27. The van der Waals surface area contributed by atoms with Crippen LogP contribution in [0.1, 0.15) is 24.6 Å². The molecule has 1 aliphatic heterocycles. The number of aryl methyl sites for hydroxylation is 1. The Kier molecular flexibility index (Phi) is 5.28. The van der Waals surface area contributed by atoms with Crippen molar-refractivity contribution < 1.29 is 13.2 Å². The van der Waals surface area contributed by atoms with Crippen LogP contribution >= 0.6 is 0 Å². The molecule has 4 heterocycles. The lowest BCUT2D eigenvalue weighted by molar-refractivity contribution is 0.0926. The van der Waals surface area contributed by atoms with Crippen LogP contribution in [0, 0.1) is 6.92 Å². The summed E-state index contributed by atoms with van der Waals surface area (Å²) in [5, 5.41) is 5.31. The van der Waals surface area contributed by atoms with Gasteiger partial charge in [-0.05, 0) is 49.2 Å². The zero-order valence-corrected chi connectivity index (χ0v) is 17.4. The number of morpholine rings is 1. The number of rotatable bonds is 5. The molecule has 0 saturated carbocycles. The predicted molar refractivity (Wildman–Crippen MR) is 113 cm³/mol. The van der Waals surface area contributed by atoms with Gasteiger partial charge < -0.3 is 14.6 Å². The van der Waals surface area contributed by atoms with Gasteiger partial charge in [-0.1, -0.05) is 6.92 Å². The Morgan fingerprint density at radius 3 is 2.83 bits per heavy atom. The number of aromatic amines is 1. The van der Waals surface area contributed by atoms with Gasteiger partial charge in [0.05, 0.1) is 47.4 Å². The number of hydrogen-bond acceptors (Lipinski definition) is 6. The summed E-state index contributed by atoms with van der Waals surface area (Å²) in [6.07, 6.45) is 0.906. The van der Waals surface area contributed by atoms with E-state index in [1.165, 1.54) is 0 Å². The zero-order chi connectivity index (χ0) is 20.6. The van der Waals surface area contributed by atoms with Crippen molar-refractivity contribution in [3.05, 3.63) is 41.6 Å². The third-order valence-corrected chi connectivity index (χ3v) is 5.84. The van der Waals surface area contributed by atoms with Crippen molar-refractivity contribution in [2.75, 3.05) is 24.7 Å². The van der Waals surface area contributed by atoms with E-state index in [1.807, 2.05) is 25.1 Å². The second kappa shape index (κ2) is 7.74. The molecule has 1 saturated heterocycles. The second-order valence-electron chi connectivity index (χ2n) is 7.44. The first-order chi connectivity index (χ1) is 13.8. The molecule has 0 unspecified atom stereocenters. The third kappa shape index (κ3) is 4.42. The smallest absolute Gasteiger partial charge is 0.213 e. The van der Waals surface area contributed by atoms with Crippen LogP contribution < -0.4 is 10.0 Å². The number of primary sulfonamides is 1. The number of H-pyrrole nitrogens is 1. The van der Waals surface area contributed by atoms with E-state index >= 15 is 0 Å². The lowest BCUT2D eigenvalue weighted by Gasteiger charge is -2.36. The number of sulfonamides is 1. The molecule has 1 fully saturated rings. The van der Waals surface area contributed by atoms with Crippen LogP contribution in [0.3, 0.4) is 0 Å². The minimum absolute atomic E-state index is 0.191. The quantitative estimate of drug-likeness (QED) is 0.661. The van der Waals surface area contributed by atoms with Crippen molar-refractivity contribution in [1.82, 2.24) is 15.0 Å². The van der Waals surface area contributed by atoms with Crippen LogP contribution in [0.2, 0.25) is 0 Å². The molecule has 0 amide bonds. The molecular weight excluding hydrogens is 390 g/mol. The zero-order valence-electron chi connectivity index (χ0n) is 16.6. The summed E-state index contributed by atoms with van der Waals surface area (Å²) in [5.41, 5.74) is 4.74. The summed E-state index contributed by atoms with van der Waals surface area (Å²) in [4.78, 5) is 15.0. The molecule has 1 aliphatic rings. The molecule has 0 radical (unpaired) electrons. The first kappa shape index (κ1) is 19.8. The van der Waals surface area contributed by atoms with Crippen molar-refractivity contribution in [3.63, 3.8) is 0 Å². The van der Waals surface area contributed by atoms with Crippen molar-refractivity contribution in [1.29, 1.82) is 0 Å². The highest BCUT2D eigenvalue weighted by atomic mass is 32.2. The van der Waals surface area contributed by atoms with E-state index in [1.54, 1.807) is 12.1 Å². The largest absolute Gasteiger partial charge is 0.377 e. The molecule has 4 rings (SSSR count). The Morgan fingerprint density at radius 2 is 2.07 bits per heavy atom. The SMILES string of the molecule is CC[C@H]1COCCN1c1cc(CS(N)(=O)=O)cc(-c2ccc3[nH]c(C)cc3n2)n1. The highest BCUT2D eigenvalue weighted by molar-refractivity contribution is 7.88. The van der Waals surface area contributed by atoms with Crippen LogP contribution in [-0.4, -0.2) is 49.2 Å². The number of aromatic nitrogens is 3. The second-order valence-corrected chi connectivity index (χ2v) is 9.05. The standard InChI is InChI=1S/C20H25N5O3S/c1-3-15-11-28-7-6-25(15)20-10-14(12-29(21,26)27)9-19(24-20)17-5-4-16-18(23-17)8-13(2)22-16/h4-5,8-10,15,22H,3,6-7,11-12H2,1-2H3,(H2,21,26,27)/t15-/m0/s1. The molecule has 154 valence electrons. The lowest BCUT2D eigenvalue weighted by Crippen LogP contribution is -2.45. The number of anilines is 1. The highest BCUT2D eigenvalue weighted by Gasteiger charge is 2.24. The van der Waals surface area contributed by atoms with Gasteiger partial charge in [-0.25, -0.2) is 23.5 Å². The third-order valence-electron chi connectivity index (χ3n) is 5.10. The van der Waals surface area contributed by atoms with Gasteiger partial charge >= 0.3 is 0 Å². The lowest BCUT2D eigenvalue weighted by atomic mass is 10.1. The van der Waals surface area contributed by atoms with Gasteiger partial charge in [0, 0.05) is 12.2 Å². The fourth-order valence-corrected chi connectivity index (χ4v) is 4.38. The molecule has 9 heteroatoms. The van der Waals surface area contributed by atoms with Gasteiger partial charge in [0.25, 0.3) is 0 Å². The predicted octanol–water partition coefficient (Wildman–Crippen LogP) is 2.34. The molecule has 0 aliphatic carbocycles. The summed E-state index contributed by atoms with van der Waals surface area (Å²) in [6, 6.07) is 9.58. The minimum Gasteiger partial charge on any atom is -0.377 e. The van der Waals surface area contributed by atoms with E-state index in [4.69, 9.17) is 19.8 Å². The number of nitrogens with zero attached hydrogens (tertiary/aromatic N) is 3. The number of fused-ring (bicyclic) bond motifs is 1. The average molecular weight is 416 g/mol. The molecule has 29 heavy (non-hydrogen) atoms. The number of pyridine rings is 2. The van der Waals surface area contributed by atoms with Crippen LogP contribution in [0.5, 0.6) is 0 Å². The van der Waals surface area contributed by atoms with Crippen LogP contribution in [0.15, 0.2) is 30.3 Å². The first-order valence-electron chi connectivity index (χ1n) is 9.65. The molecular formula is C20H25N5O3S. The van der Waals surface area contributed by atoms with E-state index in [-0.39, 0.29) is 11.8 Å². The van der Waals surface area contributed by atoms with E-state index < -0.39 is 10.0 Å². The summed E-state index contributed by atoms with van der Waals surface area (Å²) < 4.78 is 29.1. The Labute approximate surface area is 170 Å². The summed E-state index contributed by atoms with van der Waals surface area (Å²) >= 11 is 0. The first-order valence-corrected chi connectivity index (χ1v) is 11.4. The molecule has 0 spiro atoms. The maximum atomic E-state index is 11.7. The Bertz CT molecular complexity index is 1140. The van der Waals surface area contributed by atoms with Gasteiger partial charge in [0.1, 0.15) is 5.82 Å². The van der Waals surface area contributed by atoms with Gasteiger partial charge in [-0.15, -0.1) is 0 Å². The number of ether oxygens (including phenoxy) is 1. The van der Waals surface area contributed by atoms with Gasteiger partial charge in [-0.3, -0.25) is 0 Å². The van der Waals surface area contributed by atoms with Crippen LogP contribution in [-0.2, 0) is 20.5 Å². The molecule has 3 N–H and O–H groups in total. The molecule has 3 aromatic rings. The summed E-state index contributed by atoms with van der Waals surface area (Å²) in [5.74, 6) is 0.478. The number of nitrogens with two attached hydrogens (primary N) is 1. The van der Waals surface area contributed by atoms with Gasteiger partial charge in [0.2, 0.25) is 10.0 Å². The Balaban J connectivity index is 1.81. The van der Waals surface area contributed by atoms with Gasteiger partial charge in [-0.2, -0.15) is 0 Å². The van der Waals surface area contributed by atoms with Crippen molar-refractivity contribution in [3.8, 4) is 11.4 Å². The van der Waals surface area contributed by atoms with E-state index in [0.717, 1.165) is 29.0 Å². The molecule has 0 aromatic carbocycles. The normalized spacial score (nSPS) is 17.8. The van der Waals surface area contributed by atoms with Crippen molar-refractivity contribution in [2.45, 2.75) is 32.1 Å². The molecule has 1 atom stereocenters. The van der Waals surface area contributed by atoms with Gasteiger partial charge in [0.15, 0.2) is 0 Å². The van der Waals surface area contributed by atoms with E-state index in [2.05, 4.69) is 16.8 Å². The topological polar surface area (TPSA) is 114 Å². The van der Waals surface area contributed by atoms with E-state index in [9.17, 15) is 8.42 Å².